The predicted octanol–water partition coefficient (Wildman–Crippen LogP) is 4.70. The molecule has 1 aliphatic rings. The Hall–Kier alpha value is -2.82. The number of carbonyl (C=O) groups is 1. The number of allylic oxidation sites excluding steroid dienone is 3. The van der Waals surface area contributed by atoms with Crippen molar-refractivity contribution >= 4 is 16.8 Å². The number of benzene rings is 1. The lowest BCUT2D eigenvalue weighted by atomic mass is 9.89. The molecule has 1 amide bonds. The molecule has 5 heteroatoms. The molecule has 0 radical (unpaired) electrons. The van der Waals surface area contributed by atoms with Gasteiger partial charge in [-0.05, 0) is 44.4 Å². The van der Waals surface area contributed by atoms with Crippen LogP contribution in [0.2, 0.25) is 0 Å². The van der Waals surface area contributed by atoms with Gasteiger partial charge in [-0.25, -0.2) is 0 Å². The number of amides is 1. The Morgan fingerprint density at radius 1 is 1.17 bits per heavy atom. The lowest BCUT2D eigenvalue weighted by Gasteiger charge is -2.30. The second kappa shape index (κ2) is 9.12. The van der Waals surface area contributed by atoms with Crippen molar-refractivity contribution in [3.8, 4) is 5.75 Å². The highest BCUT2D eigenvalue weighted by Gasteiger charge is 2.26. The van der Waals surface area contributed by atoms with Crippen LogP contribution in [-0.2, 0) is 4.79 Å². The zero-order valence-corrected chi connectivity index (χ0v) is 17.8. The quantitative estimate of drug-likeness (QED) is 0.716. The average Bonchev–Trinajstić information content (AvgIpc) is 2.74. The Morgan fingerprint density at radius 2 is 1.93 bits per heavy atom. The van der Waals surface area contributed by atoms with Gasteiger partial charge in [-0.3, -0.25) is 9.78 Å². The van der Waals surface area contributed by atoms with E-state index in [4.69, 9.17) is 0 Å². The van der Waals surface area contributed by atoms with Gasteiger partial charge in [-0.15, -0.1) is 0 Å². The van der Waals surface area contributed by atoms with Gasteiger partial charge in [0.2, 0.25) is 5.91 Å². The summed E-state index contributed by atoms with van der Waals surface area (Å²) < 4.78 is 0. The van der Waals surface area contributed by atoms with E-state index in [0.29, 0.717) is 11.1 Å². The first-order valence-electron chi connectivity index (χ1n) is 10.5. The van der Waals surface area contributed by atoms with Gasteiger partial charge < -0.3 is 15.3 Å². The molecule has 0 saturated carbocycles. The fourth-order valence-corrected chi connectivity index (χ4v) is 3.83. The Balaban J connectivity index is 2.02. The molecule has 3 rings (SSSR count). The van der Waals surface area contributed by atoms with E-state index in [1.54, 1.807) is 6.20 Å². The van der Waals surface area contributed by atoms with Gasteiger partial charge in [0.1, 0.15) is 11.3 Å². The van der Waals surface area contributed by atoms with Gasteiger partial charge in [0, 0.05) is 41.9 Å². The Morgan fingerprint density at radius 3 is 2.55 bits per heavy atom. The number of carbonyl (C=O) groups excluding carboxylic acids is 1. The minimum absolute atomic E-state index is 0.0325. The first-order valence-corrected chi connectivity index (χ1v) is 10.5. The highest BCUT2D eigenvalue weighted by molar-refractivity contribution is 5.86. The van der Waals surface area contributed by atoms with Crippen molar-refractivity contribution in [1.29, 1.82) is 0 Å². The van der Waals surface area contributed by atoms with Gasteiger partial charge >= 0.3 is 0 Å². The highest BCUT2D eigenvalue weighted by Crippen LogP contribution is 2.37. The van der Waals surface area contributed by atoms with Crippen LogP contribution in [0.25, 0.3) is 10.9 Å². The van der Waals surface area contributed by atoms with Crippen molar-refractivity contribution in [2.75, 3.05) is 13.1 Å². The predicted molar refractivity (Wildman–Crippen MR) is 117 cm³/mol. The van der Waals surface area contributed by atoms with E-state index < -0.39 is 0 Å². The zero-order chi connectivity index (χ0) is 21.0. The van der Waals surface area contributed by atoms with Crippen LogP contribution < -0.4 is 5.32 Å². The second-order valence-electron chi connectivity index (χ2n) is 7.75. The SMILES string of the molecule is CCN(CC)C1=CC=C(C(NC(=O)C(C)C)c2ccc3cccnc3c2O)CC1. The van der Waals surface area contributed by atoms with E-state index in [-0.39, 0.29) is 23.6 Å². The van der Waals surface area contributed by atoms with Crippen LogP contribution in [0, 0.1) is 5.92 Å². The normalized spacial score (nSPS) is 15.1. The number of aromatic hydroxyl groups is 1. The number of pyridine rings is 1. The third-order valence-electron chi connectivity index (χ3n) is 5.60. The van der Waals surface area contributed by atoms with Crippen molar-refractivity contribution in [2.24, 2.45) is 5.92 Å². The molecule has 29 heavy (non-hydrogen) atoms. The van der Waals surface area contributed by atoms with E-state index in [1.807, 2.05) is 38.1 Å². The van der Waals surface area contributed by atoms with E-state index in [1.165, 1.54) is 5.70 Å². The van der Waals surface area contributed by atoms with Gasteiger partial charge in [0.25, 0.3) is 0 Å². The molecule has 0 fully saturated rings. The summed E-state index contributed by atoms with van der Waals surface area (Å²) >= 11 is 0. The molecule has 0 aliphatic heterocycles. The van der Waals surface area contributed by atoms with Gasteiger partial charge in [0.05, 0.1) is 6.04 Å². The summed E-state index contributed by atoms with van der Waals surface area (Å²) in [4.78, 5) is 19.2. The molecule has 1 aliphatic carbocycles. The van der Waals surface area contributed by atoms with Crippen LogP contribution >= 0.6 is 0 Å². The molecule has 1 aromatic carbocycles. The van der Waals surface area contributed by atoms with Crippen LogP contribution in [0.4, 0.5) is 0 Å². The lowest BCUT2D eigenvalue weighted by molar-refractivity contribution is -0.124. The molecule has 2 N–H and O–H groups in total. The van der Waals surface area contributed by atoms with Gasteiger partial charge in [-0.2, -0.15) is 0 Å². The Bertz CT molecular complexity index is 942. The van der Waals surface area contributed by atoms with E-state index in [9.17, 15) is 9.90 Å². The summed E-state index contributed by atoms with van der Waals surface area (Å²) in [6.07, 6.45) is 7.69. The number of fused-ring (bicyclic) bond motifs is 1. The van der Waals surface area contributed by atoms with Crippen molar-refractivity contribution in [1.82, 2.24) is 15.2 Å². The molecule has 1 heterocycles. The number of aromatic nitrogens is 1. The molecular weight excluding hydrogens is 362 g/mol. The maximum atomic E-state index is 12.6. The summed E-state index contributed by atoms with van der Waals surface area (Å²) in [5.41, 5.74) is 3.67. The van der Waals surface area contributed by atoms with E-state index in [2.05, 4.69) is 41.2 Å². The topological polar surface area (TPSA) is 65.5 Å². The number of rotatable bonds is 7. The standard InChI is InChI=1S/C24H31N3O2/c1-5-27(6-2)19-12-9-18(10-13-19)21(26-24(29)16(3)4)20-14-11-17-8-7-15-25-22(17)23(20)28/h7-9,11-12,14-16,21,28H,5-6,10,13H2,1-4H3,(H,26,29). The summed E-state index contributed by atoms with van der Waals surface area (Å²) in [5.74, 6) is -0.0318. The minimum atomic E-state index is -0.370. The van der Waals surface area contributed by atoms with Crippen LogP contribution in [0.5, 0.6) is 5.75 Å². The van der Waals surface area contributed by atoms with E-state index in [0.717, 1.165) is 36.9 Å². The Kier molecular flexibility index (Phi) is 6.57. The summed E-state index contributed by atoms with van der Waals surface area (Å²) in [5, 5.41) is 15.0. The zero-order valence-electron chi connectivity index (χ0n) is 17.8. The van der Waals surface area contributed by atoms with Crippen LogP contribution in [0.3, 0.4) is 0 Å². The molecule has 1 aromatic heterocycles. The highest BCUT2D eigenvalue weighted by atomic mass is 16.3. The fraction of sp³-hybridized carbons (Fsp3) is 0.417. The lowest BCUT2D eigenvalue weighted by Crippen LogP contribution is -2.33. The monoisotopic (exact) mass is 393 g/mol. The average molecular weight is 394 g/mol. The van der Waals surface area contributed by atoms with Crippen molar-refractivity contribution in [3.05, 3.63) is 59.4 Å². The van der Waals surface area contributed by atoms with E-state index >= 15 is 0 Å². The summed E-state index contributed by atoms with van der Waals surface area (Å²) in [6.45, 7) is 10.0. The number of nitrogens with one attached hydrogen (secondary N) is 1. The number of phenols is 1. The van der Waals surface area contributed by atoms with Crippen molar-refractivity contribution in [3.63, 3.8) is 0 Å². The van der Waals surface area contributed by atoms with Crippen LogP contribution in [-0.4, -0.2) is 34.0 Å². The molecule has 0 bridgehead atoms. The molecular formula is C24H31N3O2. The van der Waals surface area contributed by atoms with Crippen LogP contribution in [0.1, 0.15) is 52.1 Å². The first-order chi connectivity index (χ1) is 14.0. The molecule has 1 atom stereocenters. The smallest absolute Gasteiger partial charge is 0.223 e. The molecule has 154 valence electrons. The first kappa shape index (κ1) is 20.9. The maximum absolute atomic E-state index is 12.6. The second-order valence-corrected chi connectivity index (χ2v) is 7.75. The van der Waals surface area contributed by atoms with Crippen LogP contribution in [0.15, 0.2) is 53.9 Å². The van der Waals surface area contributed by atoms with Gasteiger partial charge in [-0.1, -0.05) is 38.1 Å². The summed E-state index contributed by atoms with van der Waals surface area (Å²) in [7, 11) is 0. The van der Waals surface area contributed by atoms with Crippen molar-refractivity contribution < 1.29 is 9.90 Å². The third kappa shape index (κ3) is 4.44. The third-order valence-corrected chi connectivity index (χ3v) is 5.60. The molecule has 0 saturated heterocycles. The molecule has 2 aromatic rings. The number of hydrogen-bond acceptors (Lipinski definition) is 4. The largest absolute Gasteiger partial charge is 0.505 e. The number of hydrogen-bond donors (Lipinski definition) is 2. The van der Waals surface area contributed by atoms with Crippen molar-refractivity contribution in [2.45, 2.75) is 46.6 Å². The fourth-order valence-electron chi connectivity index (χ4n) is 3.83. The number of nitrogens with zero attached hydrogens (tertiary/aromatic N) is 2. The maximum Gasteiger partial charge on any atom is 0.223 e. The Labute approximate surface area is 173 Å². The van der Waals surface area contributed by atoms with Gasteiger partial charge in [0.15, 0.2) is 0 Å². The molecule has 1 unspecified atom stereocenters. The minimum Gasteiger partial charge on any atom is -0.505 e. The number of phenolic OH excluding ortho intramolecular Hbond substituents is 1. The molecule has 0 spiro atoms. The summed E-state index contributed by atoms with van der Waals surface area (Å²) in [6, 6.07) is 7.25. The molecule has 5 nitrogen and oxygen atoms in total.